The van der Waals surface area contributed by atoms with Crippen LogP contribution in [0.15, 0.2) is 32.6 Å². The zero-order chi connectivity index (χ0) is 14.0. The van der Waals surface area contributed by atoms with Crippen LogP contribution in [0.1, 0.15) is 0 Å². The van der Waals surface area contributed by atoms with E-state index in [1.807, 2.05) is 0 Å². The maximum Gasteiger partial charge on any atom is 0.313 e. The van der Waals surface area contributed by atoms with Gasteiger partial charge in [-0.3, -0.25) is 9.36 Å². The number of aliphatic carboxylic acids is 1. The van der Waals surface area contributed by atoms with Crippen LogP contribution in [0.3, 0.4) is 0 Å². The Hall–Kier alpha value is -0.570. The minimum atomic E-state index is -0.909. The van der Waals surface area contributed by atoms with E-state index in [2.05, 4.69) is 42.1 Å². The highest BCUT2D eigenvalue weighted by Gasteiger charge is 2.15. The number of hydrogen-bond acceptors (Lipinski definition) is 4. The number of thioether (sulfide) groups is 1. The van der Waals surface area contributed by atoms with Crippen LogP contribution >= 0.6 is 55.2 Å². The minimum absolute atomic E-state index is 0.0818. The molecular formula is C10H6Br2ClN3O2S. The Balaban J connectivity index is 2.43. The number of carboxylic acid groups (broad SMARTS) is 1. The molecule has 5 nitrogen and oxygen atoms in total. The molecule has 1 aromatic heterocycles. The number of nitrogens with zero attached hydrogens (tertiary/aromatic N) is 3. The zero-order valence-corrected chi connectivity index (χ0v) is 13.9. The number of benzene rings is 1. The van der Waals surface area contributed by atoms with Gasteiger partial charge in [-0.05, 0) is 44.0 Å². The van der Waals surface area contributed by atoms with Gasteiger partial charge < -0.3 is 5.11 Å². The Morgan fingerprint density at radius 3 is 2.63 bits per heavy atom. The van der Waals surface area contributed by atoms with E-state index in [9.17, 15) is 4.79 Å². The maximum absolute atomic E-state index is 10.6. The van der Waals surface area contributed by atoms with Crippen LogP contribution in [0.4, 0.5) is 0 Å². The van der Waals surface area contributed by atoms with Gasteiger partial charge in [-0.25, -0.2) is 0 Å². The van der Waals surface area contributed by atoms with Crippen molar-refractivity contribution in [3.8, 4) is 5.69 Å². The van der Waals surface area contributed by atoms with Gasteiger partial charge in [-0.15, -0.1) is 10.2 Å². The van der Waals surface area contributed by atoms with E-state index < -0.39 is 5.97 Å². The van der Waals surface area contributed by atoms with Crippen molar-refractivity contribution in [1.82, 2.24) is 14.8 Å². The molecule has 0 bridgehead atoms. The van der Waals surface area contributed by atoms with Crippen molar-refractivity contribution in [3.63, 3.8) is 0 Å². The Labute approximate surface area is 134 Å². The van der Waals surface area contributed by atoms with Crippen molar-refractivity contribution in [2.75, 3.05) is 5.75 Å². The lowest BCUT2D eigenvalue weighted by molar-refractivity contribution is -0.133. The molecule has 1 N–H and O–H groups in total. The van der Waals surface area contributed by atoms with Gasteiger partial charge in [0.25, 0.3) is 0 Å². The monoisotopic (exact) mass is 425 g/mol. The first-order chi connectivity index (χ1) is 8.99. The Kier molecular flexibility index (Phi) is 4.88. The van der Waals surface area contributed by atoms with Gasteiger partial charge in [-0.2, -0.15) is 0 Å². The molecule has 0 atom stereocenters. The Morgan fingerprint density at radius 2 is 2.05 bits per heavy atom. The normalized spacial score (nSPS) is 10.7. The molecule has 1 heterocycles. The Morgan fingerprint density at radius 1 is 1.42 bits per heavy atom. The summed E-state index contributed by atoms with van der Waals surface area (Å²) in [6.45, 7) is 0. The van der Waals surface area contributed by atoms with Crippen LogP contribution in [-0.4, -0.2) is 31.6 Å². The second kappa shape index (κ2) is 6.25. The predicted octanol–water partition coefficient (Wildman–Crippen LogP) is 3.62. The minimum Gasteiger partial charge on any atom is -0.481 e. The quantitative estimate of drug-likeness (QED) is 0.755. The van der Waals surface area contributed by atoms with E-state index in [1.165, 1.54) is 6.33 Å². The number of carboxylic acids is 1. The highest BCUT2D eigenvalue weighted by atomic mass is 79.9. The molecule has 9 heteroatoms. The number of hydrogen-bond donors (Lipinski definition) is 1. The molecule has 1 aromatic carbocycles. The summed E-state index contributed by atoms with van der Waals surface area (Å²) in [6, 6.07) is 3.49. The van der Waals surface area contributed by atoms with Crippen LogP contribution in [0, 0.1) is 0 Å². The highest BCUT2D eigenvalue weighted by molar-refractivity contribution is 9.11. The third kappa shape index (κ3) is 3.50. The van der Waals surface area contributed by atoms with Crippen molar-refractivity contribution < 1.29 is 9.90 Å². The molecule has 0 spiro atoms. The summed E-state index contributed by atoms with van der Waals surface area (Å²) in [5, 5.41) is 17.5. The third-order valence-corrected chi connectivity index (χ3v) is 4.42. The van der Waals surface area contributed by atoms with Crippen LogP contribution in [0.25, 0.3) is 5.69 Å². The first-order valence-electron chi connectivity index (χ1n) is 4.88. The van der Waals surface area contributed by atoms with Gasteiger partial charge >= 0.3 is 5.97 Å². The van der Waals surface area contributed by atoms with Gasteiger partial charge in [-0.1, -0.05) is 23.4 Å². The van der Waals surface area contributed by atoms with Gasteiger partial charge in [0.15, 0.2) is 5.16 Å². The van der Waals surface area contributed by atoms with Crippen molar-refractivity contribution >= 4 is 61.2 Å². The van der Waals surface area contributed by atoms with Crippen LogP contribution in [0.2, 0.25) is 5.02 Å². The number of carbonyl (C=O) groups is 1. The van der Waals surface area contributed by atoms with Gasteiger partial charge in [0.05, 0.1) is 11.4 Å². The van der Waals surface area contributed by atoms with E-state index in [4.69, 9.17) is 16.7 Å². The Bertz CT molecular complexity index is 612. The lowest BCUT2D eigenvalue weighted by atomic mass is 10.3. The third-order valence-electron chi connectivity index (χ3n) is 2.06. The van der Waals surface area contributed by atoms with Gasteiger partial charge in [0.2, 0.25) is 0 Å². The van der Waals surface area contributed by atoms with Crippen LogP contribution in [0.5, 0.6) is 0 Å². The summed E-state index contributed by atoms with van der Waals surface area (Å²) in [6.07, 6.45) is 1.52. The fourth-order valence-corrected chi connectivity index (χ4v) is 4.05. The second-order valence-electron chi connectivity index (χ2n) is 3.38. The molecule has 19 heavy (non-hydrogen) atoms. The number of rotatable bonds is 4. The standard InChI is InChI=1S/C10H6Br2ClN3O2S/c11-6-1-5(13)2-7(12)9(6)16-4-14-15-10(16)19-3-8(17)18/h1-2,4H,3H2,(H,17,18). The van der Waals surface area contributed by atoms with E-state index in [-0.39, 0.29) is 5.75 Å². The molecule has 0 aliphatic carbocycles. The van der Waals surface area contributed by atoms with Crippen molar-refractivity contribution in [2.24, 2.45) is 0 Å². The smallest absolute Gasteiger partial charge is 0.313 e. The molecule has 0 fully saturated rings. The van der Waals surface area contributed by atoms with Crippen LogP contribution in [-0.2, 0) is 4.79 Å². The lowest BCUT2D eigenvalue weighted by Gasteiger charge is -2.10. The molecule has 0 amide bonds. The van der Waals surface area contributed by atoms with E-state index in [0.717, 1.165) is 26.4 Å². The number of aromatic nitrogens is 3. The molecule has 100 valence electrons. The highest BCUT2D eigenvalue weighted by Crippen LogP contribution is 2.34. The molecule has 2 rings (SSSR count). The second-order valence-corrected chi connectivity index (χ2v) is 6.47. The van der Waals surface area contributed by atoms with Crippen molar-refractivity contribution in [3.05, 3.63) is 32.4 Å². The molecule has 0 radical (unpaired) electrons. The summed E-state index contributed by atoms with van der Waals surface area (Å²) in [4.78, 5) is 10.6. The average molecular weight is 428 g/mol. The fraction of sp³-hybridized carbons (Fsp3) is 0.100. The summed E-state index contributed by atoms with van der Waals surface area (Å²) in [5.41, 5.74) is 0.766. The van der Waals surface area contributed by atoms with Crippen molar-refractivity contribution in [1.29, 1.82) is 0 Å². The van der Waals surface area contributed by atoms with Gasteiger partial charge in [0, 0.05) is 14.0 Å². The predicted molar refractivity (Wildman–Crippen MR) is 80.1 cm³/mol. The zero-order valence-electron chi connectivity index (χ0n) is 9.18. The molecule has 0 saturated heterocycles. The topological polar surface area (TPSA) is 68.0 Å². The van der Waals surface area contributed by atoms with E-state index >= 15 is 0 Å². The molecule has 0 aliphatic rings. The molecule has 2 aromatic rings. The average Bonchev–Trinajstić information content (AvgIpc) is 2.73. The molecule has 0 aliphatic heterocycles. The first kappa shape index (κ1) is 14.8. The summed E-state index contributed by atoms with van der Waals surface area (Å²) in [5.74, 6) is -0.990. The van der Waals surface area contributed by atoms with Gasteiger partial charge in [0.1, 0.15) is 6.33 Å². The molecular weight excluding hydrogens is 421 g/mol. The summed E-state index contributed by atoms with van der Waals surface area (Å²) < 4.78 is 3.20. The fourth-order valence-electron chi connectivity index (χ4n) is 1.37. The summed E-state index contributed by atoms with van der Waals surface area (Å²) in [7, 11) is 0. The number of halogens is 3. The van der Waals surface area contributed by atoms with E-state index in [0.29, 0.717) is 10.2 Å². The van der Waals surface area contributed by atoms with E-state index in [1.54, 1.807) is 16.7 Å². The first-order valence-corrected chi connectivity index (χ1v) is 7.83. The maximum atomic E-state index is 10.6. The summed E-state index contributed by atoms with van der Waals surface area (Å²) >= 11 is 13.9. The van der Waals surface area contributed by atoms with Crippen molar-refractivity contribution in [2.45, 2.75) is 5.16 Å². The molecule has 0 saturated carbocycles. The molecule has 0 unspecified atom stereocenters. The SMILES string of the molecule is O=C(O)CSc1nncn1-c1c(Br)cc(Cl)cc1Br. The van der Waals surface area contributed by atoms with Crippen LogP contribution < -0.4 is 0 Å². The largest absolute Gasteiger partial charge is 0.481 e. The lowest BCUT2D eigenvalue weighted by Crippen LogP contribution is -2.02.